The molecule has 1 spiro atoms. The number of rotatable bonds is 6. The maximum Gasteiger partial charge on any atom is 0.172 e. The standard InChI is InChI=1S/C41H63NO11/c1-22-6-7-25-8-10-31-23(2)14-27(48-31)12-13-41-20-30(44)39(53-41)36-19-37(52-41)40-32(50-36)11-9-26(49-40)15-24(43)16-29-34(18-33(22)47-25)51-35(38(29)46-5)17-28(45-4)21-42-3/h25-40,42,44H,1-2,6-21H2,3-5H3/t25-,26-,27+,28+,29+,30-,31+,32+,33-,34+,35-,36?,37-,38-,39+,40+,41-/m1/s1. The lowest BCUT2D eigenvalue weighted by atomic mass is 9.83. The Morgan fingerprint density at radius 2 is 1.62 bits per heavy atom. The van der Waals surface area contributed by atoms with Gasteiger partial charge in [-0.15, -0.1) is 0 Å². The summed E-state index contributed by atoms with van der Waals surface area (Å²) in [5.74, 6) is -0.935. The van der Waals surface area contributed by atoms with E-state index in [4.69, 9.17) is 42.6 Å². The molecule has 8 aliphatic rings. The van der Waals surface area contributed by atoms with Crippen LogP contribution in [0.1, 0.15) is 96.3 Å². The van der Waals surface area contributed by atoms with Gasteiger partial charge >= 0.3 is 0 Å². The molecular formula is C41H63NO11. The first-order valence-electron chi connectivity index (χ1n) is 20.5. The first-order valence-corrected chi connectivity index (χ1v) is 20.5. The highest BCUT2D eigenvalue weighted by atomic mass is 16.7. The Bertz CT molecular complexity index is 1330. The number of aliphatic hydroxyl groups excluding tert-OH is 1. The molecule has 2 N–H and O–H groups in total. The van der Waals surface area contributed by atoms with E-state index < -0.39 is 18.0 Å². The van der Waals surface area contributed by atoms with E-state index in [0.717, 1.165) is 56.1 Å². The highest BCUT2D eigenvalue weighted by molar-refractivity contribution is 5.79. The minimum absolute atomic E-state index is 0.0137. The first kappa shape index (κ1) is 38.6. The van der Waals surface area contributed by atoms with E-state index >= 15 is 0 Å². The molecule has 0 radical (unpaired) electrons. The molecule has 10 bridgehead atoms. The number of Topliss-reactive ketones (excluding diaryl/α,β-unsaturated/α-hetero) is 1. The molecule has 8 rings (SSSR count). The number of aliphatic hydroxyl groups is 1. The number of ether oxygens (including phenoxy) is 9. The third-order valence-electron chi connectivity index (χ3n) is 13.7. The molecule has 12 nitrogen and oxygen atoms in total. The van der Waals surface area contributed by atoms with Gasteiger partial charge in [-0.2, -0.15) is 0 Å². The van der Waals surface area contributed by atoms with Crippen LogP contribution < -0.4 is 5.32 Å². The molecule has 1 unspecified atom stereocenters. The van der Waals surface area contributed by atoms with Crippen LogP contribution in [0.5, 0.6) is 0 Å². The van der Waals surface area contributed by atoms with E-state index in [2.05, 4.69) is 18.5 Å². The van der Waals surface area contributed by atoms with Crippen molar-refractivity contribution < 1.29 is 52.5 Å². The van der Waals surface area contributed by atoms with Gasteiger partial charge in [-0.25, -0.2) is 0 Å². The van der Waals surface area contributed by atoms with Gasteiger partial charge in [0.25, 0.3) is 0 Å². The van der Waals surface area contributed by atoms with Crippen molar-refractivity contribution in [2.75, 3.05) is 27.8 Å². The summed E-state index contributed by atoms with van der Waals surface area (Å²) in [5.41, 5.74) is 2.21. The van der Waals surface area contributed by atoms with Crippen LogP contribution in [0, 0.1) is 5.92 Å². The fourth-order valence-corrected chi connectivity index (χ4v) is 10.9. The number of carbonyl (C=O) groups excluding carboxylic acids is 1. The number of hydrogen-bond donors (Lipinski definition) is 2. The lowest BCUT2D eigenvalue weighted by Crippen LogP contribution is -2.58. The molecule has 12 heteroatoms. The average molecular weight is 746 g/mol. The van der Waals surface area contributed by atoms with Crippen LogP contribution in [0.15, 0.2) is 24.3 Å². The van der Waals surface area contributed by atoms with Crippen molar-refractivity contribution in [3.05, 3.63) is 24.3 Å². The second kappa shape index (κ2) is 16.3. The lowest BCUT2D eigenvalue weighted by Gasteiger charge is -2.47. The summed E-state index contributed by atoms with van der Waals surface area (Å²) in [4.78, 5) is 14.1. The Kier molecular flexibility index (Phi) is 11.9. The van der Waals surface area contributed by atoms with E-state index in [1.807, 2.05) is 7.05 Å². The number of hydrogen-bond acceptors (Lipinski definition) is 12. The number of ketones is 1. The van der Waals surface area contributed by atoms with Crippen LogP contribution in [0.25, 0.3) is 0 Å². The summed E-state index contributed by atoms with van der Waals surface area (Å²) < 4.78 is 59.1. The van der Waals surface area contributed by atoms with E-state index in [1.165, 1.54) is 0 Å². The zero-order valence-corrected chi connectivity index (χ0v) is 32.0. The van der Waals surface area contributed by atoms with Crippen molar-refractivity contribution in [3.8, 4) is 0 Å². The van der Waals surface area contributed by atoms with Crippen LogP contribution in [-0.2, 0) is 47.4 Å². The second-order valence-electron chi connectivity index (χ2n) is 17.2. The number of nitrogens with one attached hydrogen (secondary N) is 1. The largest absolute Gasteiger partial charge is 0.390 e. The van der Waals surface area contributed by atoms with E-state index in [9.17, 15) is 9.90 Å². The fraction of sp³-hybridized carbons (Fsp3) is 0.878. The zero-order valence-electron chi connectivity index (χ0n) is 32.0. The van der Waals surface area contributed by atoms with Crippen LogP contribution in [0.2, 0.25) is 0 Å². The summed E-state index contributed by atoms with van der Waals surface area (Å²) in [6, 6.07) is 0. The van der Waals surface area contributed by atoms with Gasteiger partial charge in [0.15, 0.2) is 5.79 Å². The normalized spacial score (nSPS) is 48.2. The van der Waals surface area contributed by atoms with Gasteiger partial charge in [0, 0.05) is 71.6 Å². The number of fused-ring (bicyclic) bond motifs is 9. The van der Waals surface area contributed by atoms with Gasteiger partial charge in [-0.05, 0) is 69.6 Å². The van der Waals surface area contributed by atoms with Crippen molar-refractivity contribution in [2.24, 2.45) is 5.92 Å². The molecule has 298 valence electrons. The Balaban J connectivity index is 1.05. The summed E-state index contributed by atoms with van der Waals surface area (Å²) in [6.45, 7) is 9.53. The smallest absolute Gasteiger partial charge is 0.172 e. The topological polar surface area (TPSA) is 132 Å². The number of likely N-dealkylation sites (N-methyl/N-ethyl adjacent to an activating group) is 1. The minimum atomic E-state index is -0.931. The van der Waals surface area contributed by atoms with Crippen molar-refractivity contribution >= 4 is 5.78 Å². The molecule has 8 saturated heterocycles. The summed E-state index contributed by atoms with van der Waals surface area (Å²) in [6.07, 6.45) is 6.87. The average Bonchev–Trinajstić information content (AvgIpc) is 3.75. The van der Waals surface area contributed by atoms with Crippen LogP contribution in [-0.4, -0.2) is 136 Å². The molecule has 0 aromatic rings. The maximum atomic E-state index is 14.1. The quantitative estimate of drug-likeness (QED) is 0.380. The molecule has 0 saturated carbocycles. The van der Waals surface area contributed by atoms with Gasteiger partial charge < -0.3 is 53.1 Å². The molecule has 0 aromatic heterocycles. The molecule has 17 atom stereocenters. The molecule has 8 fully saturated rings. The molecule has 8 heterocycles. The number of methoxy groups -OCH3 is 2. The third-order valence-corrected chi connectivity index (χ3v) is 13.7. The predicted octanol–water partition coefficient (Wildman–Crippen LogP) is 4.09. The first-order chi connectivity index (χ1) is 25.6. The highest BCUT2D eigenvalue weighted by Crippen LogP contribution is 2.49. The lowest BCUT2D eigenvalue weighted by molar-refractivity contribution is -0.277. The third kappa shape index (κ3) is 8.12. The van der Waals surface area contributed by atoms with Gasteiger partial charge in [-0.3, -0.25) is 4.79 Å². The van der Waals surface area contributed by atoms with Crippen molar-refractivity contribution in [1.82, 2.24) is 5.32 Å². The highest BCUT2D eigenvalue weighted by Gasteiger charge is 2.59. The van der Waals surface area contributed by atoms with E-state index in [1.54, 1.807) is 14.2 Å². The summed E-state index contributed by atoms with van der Waals surface area (Å²) in [5, 5.41) is 14.4. The Morgan fingerprint density at radius 3 is 2.43 bits per heavy atom. The summed E-state index contributed by atoms with van der Waals surface area (Å²) >= 11 is 0. The Hall–Kier alpha value is -1.29. The minimum Gasteiger partial charge on any atom is -0.390 e. The van der Waals surface area contributed by atoms with Gasteiger partial charge in [0.1, 0.15) is 18.0 Å². The Labute approximate surface area is 314 Å². The fourth-order valence-electron chi connectivity index (χ4n) is 10.9. The second-order valence-corrected chi connectivity index (χ2v) is 17.2. The summed E-state index contributed by atoms with van der Waals surface area (Å²) in [7, 11) is 5.36. The van der Waals surface area contributed by atoms with Crippen molar-refractivity contribution in [1.29, 1.82) is 0 Å². The van der Waals surface area contributed by atoms with E-state index in [-0.39, 0.29) is 91.1 Å². The molecule has 8 aliphatic heterocycles. The maximum absolute atomic E-state index is 14.1. The van der Waals surface area contributed by atoms with Gasteiger partial charge in [-0.1, -0.05) is 13.2 Å². The molecule has 0 aromatic carbocycles. The van der Waals surface area contributed by atoms with Crippen molar-refractivity contribution in [2.45, 2.75) is 194 Å². The molecule has 53 heavy (non-hydrogen) atoms. The molecule has 0 amide bonds. The molecule has 0 aliphatic carbocycles. The van der Waals surface area contributed by atoms with Crippen LogP contribution in [0.3, 0.4) is 0 Å². The van der Waals surface area contributed by atoms with E-state index in [0.29, 0.717) is 57.9 Å². The predicted molar refractivity (Wildman–Crippen MR) is 193 cm³/mol. The van der Waals surface area contributed by atoms with Crippen LogP contribution in [0.4, 0.5) is 0 Å². The van der Waals surface area contributed by atoms with Crippen LogP contribution >= 0.6 is 0 Å². The SMILES string of the molecule is C=C1C[C@@H]2CC[C@]34C[C@@H](O)[C@H](O3)C3C[C@@H](O4)[C@H]4O[C@H](CC[C@@H]4O3)CC(=O)C[C@@H]3[C@@H](OC)[C@@H](C[C@@H](CNC)OC)O[C@H]3C[C@H]3O[C@H](CCC3=C)CC[C@@H]1O2. The monoisotopic (exact) mass is 745 g/mol. The van der Waals surface area contributed by atoms with Crippen molar-refractivity contribution in [3.63, 3.8) is 0 Å². The van der Waals surface area contributed by atoms with Gasteiger partial charge in [0.05, 0.1) is 79.4 Å². The number of carbonyl (C=O) groups is 1. The zero-order chi connectivity index (χ0) is 36.9. The molecular weight excluding hydrogens is 682 g/mol. The van der Waals surface area contributed by atoms with Gasteiger partial charge in [0.2, 0.25) is 0 Å². The Morgan fingerprint density at radius 1 is 0.811 bits per heavy atom.